The van der Waals surface area contributed by atoms with Crippen molar-refractivity contribution in [3.05, 3.63) is 26.9 Å². The average molecular weight is 312 g/mol. The minimum Gasteiger partial charge on any atom is -0.474 e. The summed E-state index contributed by atoms with van der Waals surface area (Å²) < 4.78 is 5.35. The lowest BCUT2D eigenvalue weighted by Gasteiger charge is -2.01. The van der Waals surface area contributed by atoms with Gasteiger partial charge in [0.2, 0.25) is 10.4 Å². The Morgan fingerprint density at radius 3 is 2.85 bits per heavy atom. The molecule has 7 heteroatoms. The quantitative estimate of drug-likeness (QED) is 0.372. The molecule has 0 amide bonds. The highest BCUT2D eigenvalue weighted by molar-refractivity contribution is 9.10. The average Bonchev–Trinajstić information content (AvgIpc) is 2.08. The third kappa shape index (κ3) is 2.63. The predicted octanol–water partition coefficient (Wildman–Crippen LogP) is 2.48. The third-order valence-corrected chi connectivity index (χ3v) is 1.86. The highest BCUT2D eigenvalue weighted by Gasteiger charge is 2.17. The molecule has 0 fully saturated rings. The SMILES string of the molecule is O=[N+]([O-])c1nc(Br)ccc1OCBr. The van der Waals surface area contributed by atoms with Crippen molar-refractivity contribution in [2.75, 3.05) is 5.52 Å². The summed E-state index contributed by atoms with van der Waals surface area (Å²) in [5.74, 6) is -0.154. The molecule has 1 rings (SSSR count). The fraction of sp³-hybridized carbons (Fsp3) is 0.167. The lowest BCUT2D eigenvalue weighted by atomic mass is 10.4. The van der Waals surface area contributed by atoms with E-state index in [-0.39, 0.29) is 17.1 Å². The number of hydrogen-bond acceptors (Lipinski definition) is 4. The van der Waals surface area contributed by atoms with Crippen molar-refractivity contribution in [2.45, 2.75) is 0 Å². The zero-order valence-corrected chi connectivity index (χ0v) is 9.41. The zero-order chi connectivity index (χ0) is 9.84. The Labute approximate surface area is 90.5 Å². The van der Waals surface area contributed by atoms with Crippen molar-refractivity contribution in [3.63, 3.8) is 0 Å². The summed E-state index contributed by atoms with van der Waals surface area (Å²) >= 11 is 6.04. The number of halogens is 2. The minimum absolute atomic E-state index is 0.144. The van der Waals surface area contributed by atoms with Gasteiger partial charge in [-0.2, -0.15) is 0 Å². The fourth-order valence-electron chi connectivity index (χ4n) is 0.715. The van der Waals surface area contributed by atoms with Crippen LogP contribution in [0, 0.1) is 10.1 Å². The van der Waals surface area contributed by atoms with Gasteiger partial charge in [-0.15, -0.1) is 0 Å². The van der Waals surface area contributed by atoms with E-state index in [1.807, 2.05) is 0 Å². The summed E-state index contributed by atoms with van der Waals surface area (Å²) in [5.41, 5.74) is 0.192. The van der Waals surface area contributed by atoms with Crippen molar-refractivity contribution in [2.24, 2.45) is 0 Å². The smallest absolute Gasteiger partial charge is 0.407 e. The van der Waals surface area contributed by atoms with Crippen LogP contribution in [0.1, 0.15) is 0 Å². The lowest BCUT2D eigenvalue weighted by molar-refractivity contribution is -0.390. The van der Waals surface area contributed by atoms with Crippen LogP contribution >= 0.6 is 31.9 Å². The standard InChI is InChI=1S/C6H4Br2N2O3/c7-3-13-4-1-2-5(8)9-6(4)10(11)12/h1-2H,3H2. The second kappa shape index (κ2) is 4.52. The highest BCUT2D eigenvalue weighted by Crippen LogP contribution is 2.26. The molecule has 0 spiro atoms. The summed E-state index contributed by atoms with van der Waals surface area (Å²) in [4.78, 5) is 13.5. The van der Waals surface area contributed by atoms with Crippen LogP contribution in [0.4, 0.5) is 5.82 Å². The van der Waals surface area contributed by atoms with Crippen LogP contribution < -0.4 is 4.74 Å². The van der Waals surface area contributed by atoms with Crippen molar-refractivity contribution in [3.8, 4) is 5.75 Å². The molecule has 0 unspecified atom stereocenters. The van der Waals surface area contributed by atoms with Gasteiger partial charge in [0, 0.05) is 22.0 Å². The van der Waals surface area contributed by atoms with E-state index in [0.29, 0.717) is 4.60 Å². The molecule has 0 atom stereocenters. The van der Waals surface area contributed by atoms with E-state index < -0.39 is 4.92 Å². The Bertz CT molecular complexity index is 332. The number of nitro groups is 1. The normalized spacial score (nSPS) is 9.69. The number of rotatable bonds is 3. The Morgan fingerprint density at radius 1 is 1.62 bits per heavy atom. The summed E-state index contributed by atoms with van der Waals surface area (Å²) in [6.07, 6.45) is 0. The molecule has 0 radical (unpaired) electrons. The van der Waals surface area contributed by atoms with Crippen molar-refractivity contribution < 1.29 is 9.66 Å². The van der Waals surface area contributed by atoms with Crippen LogP contribution in [0.25, 0.3) is 0 Å². The first-order chi connectivity index (χ1) is 6.15. The van der Waals surface area contributed by atoms with E-state index in [1.165, 1.54) is 6.07 Å². The van der Waals surface area contributed by atoms with Crippen LogP contribution in [0.15, 0.2) is 16.7 Å². The molecule has 70 valence electrons. The van der Waals surface area contributed by atoms with E-state index in [1.54, 1.807) is 6.07 Å². The van der Waals surface area contributed by atoms with E-state index in [0.717, 1.165) is 0 Å². The molecule has 13 heavy (non-hydrogen) atoms. The molecule has 1 aromatic heterocycles. The van der Waals surface area contributed by atoms with Gasteiger partial charge in [0.15, 0.2) is 0 Å². The highest BCUT2D eigenvalue weighted by atomic mass is 79.9. The maximum atomic E-state index is 10.5. The van der Waals surface area contributed by atoms with E-state index in [4.69, 9.17) is 4.74 Å². The van der Waals surface area contributed by atoms with Gasteiger partial charge in [0.1, 0.15) is 5.52 Å². The second-order valence-corrected chi connectivity index (χ2v) is 3.24. The van der Waals surface area contributed by atoms with Gasteiger partial charge in [0.05, 0.1) is 0 Å². The largest absolute Gasteiger partial charge is 0.474 e. The first kappa shape index (κ1) is 10.4. The molecule has 5 nitrogen and oxygen atoms in total. The lowest BCUT2D eigenvalue weighted by Crippen LogP contribution is -1.98. The topological polar surface area (TPSA) is 65.3 Å². The van der Waals surface area contributed by atoms with E-state index in [2.05, 4.69) is 36.8 Å². The van der Waals surface area contributed by atoms with E-state index >= 15 is 0 Å². The Balaban J connectivity index is 3.10. The monoisotopic (exact) mass is 310 g/mol. The summed E-state index contributed by atoms with van der Waals surface area (Å²) in [6, 6.07) is 3.06. The van der Waals surface area contributed by atoms with Gasteiger partial charge in [-0.3, -0.25) is 0 Å². The van der Waals surface area contributed by atoms with Crippen LogP contribution in [-0.4, -0.2) is 15.4 Å². The molecule has 0 aliphatic carbocycles. The maximum Gasteiger partial charge on any atom is 0.407 e. The van der Waals surface area contributed by atoms with Gasteiger partial charge in [0.25, 0.3) is 0 Å². The van der Waals surface area contributed by atoms with Crippen LogP contribution in [0.3, 0.4) is 0 Å². The Morgan fingerprint density at radius 2 is 2.31 bits per heavy atom. The number of pyridine rings is 1. The molecule has 0 aliphatic heterocycles. The fourth-order valence-corrected chi connectivity index (χ4v) is 1.26. The molecular formula is C6H4Br2N2O3. The number of aromatic nitrogens is 1. The second-order valence-electron chi connectivity index (χ2n) is 1.97. The minimum atomic E-state index is -0.594. The van der Waals surface area contributed by atoms with Crippen molar-refractivity contribution in [1.29, 1.82) is 0 Å². The molecule has 0 saturated heterocycles. The number of hydrogen-bond donors (Lipinski definition) is 0. The van der Waals surface area contributed by atoms with Crippen molar-refractivity contribution in [1.82, 2.24) is 4.98 Å². The third-order valence-electron chi connectivity index (χ3n) is 1.19. The Hall–Kier alpha value is -0.690. The van der Waals surface area contributed by atoms with Gasteiger partial charge in [-0.05, 0) is 31.9 Å². The molecule has 0 aromatic carbocycles. The van der Waals surface area contributed by atoms with Gasteiger partial charge < -0.3 is 14.9 Å². The van der Waals surface area contributed by atoms with Gasteiger partial charge in [-0.25, -0.2) is 0 Å². The number of alkyl halides is 1. The zero-order valence-electron chi connectivity index (χ0n) is 6.24. The molecular weight excluding hydrogens is 308 g/mol. The molecule has 0 saturated carbocycles. The maximum absolute atomic E-state index is 10.5. The molecule has 0 bridgehead atoms. The number of nitrogens with zero attached hydrogens (tertiary/aromatic N) is 2. The van der Waals surface area contributed by atoms with Crippen LogP contribution in [0.2, 0.25) is 0 Å². The molecule has 1 aromatic rings. The summed E-state index contributed by atoms with van der Waals surface area (Å²) in [6.45, 7) is 0. The molecule has 0 N–H and O–H groups in total. The molecule has 1 heterocycles. The van der Waals surface area contributed by atoms with Crippen molar-refractivity contribution >= 4 is 37.7 Å². The van der Waals surface area contributed by atoms with Gasteiger partial charge >= 0.3 is 5.82 Å². The van der Waals surface area contributed by atoms with Gasteiger partial charge in [-0.1, -0.05) is 0 Å². The first-order valence-corrected chi connectivity index (χ1v) is 5.06. The summed E-state index contributed by atoms with van der Waals surface area (Å²) in [5, 5.41) is 10.5. The number of ether oxygens (including phenoxy) is 1. The Kier molecular flexibility index (Phi) is 3.61. The van der Waals surface area contributed by atoms with Crippen LogP contribution in [0.5, 0.6) is 5.75 Å². The predicted molar refractivity (Wildman–Crippen MR) is 53.0 cm³/mol. The summed E-state index contributed by atoms with van der Waals surface area (Å²) in [7, 11) is 0. The van der Waals surface area contributed by atoms with Crippen LogP contribution in [-0.2, 0) is 0 Å². The van der Waals surface area contributed by atoms with E-state index in [9.17, 15) is 10.1 Å². The molecule has 0 aliphatic rings. The first-order valence-electron chi connectivity index (χ1n) is 3.15.